The van der Waals surface area contributed by atoms with Gasteiger partial charge < -0.3 is 9.30 Å². The summed E-state index contributed by atoms with van der Waals surface area (Å²) >= 11 is 0. The van der Waals surface area contributed by atoms with Crippen molar-refractivity contribution in [1.29, 1.82) is 5.26 Å². The molecule has 0 atom stereocenters. The Morgan fingerprint density at radius 1 is 1.35 bits per heavy atom. The van der Waals surface area contributed by atoms with Crippen molar-refractivity contribution < 1.29 is 9.53 Å². The number of hydrogen-bond donors (Lipinski definition) is 0. The third kappa shape index (κ3) is 2.08. The molecule has 2 aromatic rings. The molecule has 0 N–H and O–H groups in total. The van der Waals surface area contributed by atoms with Gasteiger partial charge >= 0.3 is 5.97 Å². The van der Waals surface area contributed by atoms with E-state index in [-0.39, 0.29) is 5.97 Å². The van der Waals surface area contributed by atoms with Crippen molar-refractivity contribution in [2.24, 2.45) is 0 Å². The van der Waals surface area contributed by atoms with Crippen LogP contribution in [0.25, 0.3) is 5.70 Å². The lowest BCUT2D eigenvalue weighted by Gasteiger charge is -2.11. The van der Waals surface area contributed by atoms with Crippen LogP contribution in [0.5, 0.6) is 0 Å². The lowest BCUT2D eigenvalue weighted by Crippen LogP contribution is -2.05. The van der Waals surface area contributed by atoms with E-state index in [0.29, 0.717) is 24.2 Å². The number of nitriles is 1. The highest BCUT2D eigenvalue weighted by Crippen LogP contribution is 2.27. The van der Waals surface area contributed by atoms with Gasteiger partial charge in [-0.1, -0.05) is 12.1 Å². The van der Waals surface area contributed by atoms with Crippen LogP contribution in [0.4, 0.5) is 0 Å². The fourth-order valence-corrected chi connectivity index (χ4v) is 2.22. The van der Waals surface area contributed by atoms with E-state index in [4.69, 9.17) is 10.00 Å². The third-order valence-electron chi connectivity index (χ3n) is 3.17. The molecule has 0 amide bonds. The van der Waals surface area contributed by atoms with Crippen molar-refractivity contribution >= 4 is 11.7 Å². The second kappa shape index (κ2) is 5.02. The first-order valence-electron chi connectivity index (χ1n) is 6.19. The molecule has 20 heavy (non-hydrogen) atoms. The van der Waals surface area contributed by atoms with Crippen LogP contribution in [0.15, 0.2) is 48.6 Å². The van der Waals surface area contributed by atoms with Gasteiger partial charge in [0.2, 0.25) is 0 Å². The summed E-state index contributed by atoms with van der Waals surface area (Å²) < 4.78 is 6.82. The summed E-state index contributed by atoms with van der Waals surface area (Å²) in [5, 5.41) is 8.85. The highest BCUT2D eigenvalue weighted by atomic mass is 16.5. The molecule has 0 radical (unpaired) electrons. The van der Waals surface area contributed by atoms with Crippen molar-refractivity contribution in [3.05, 3.63) is 59.7 Å². The lowest BCUT2D eigenvalue weighted by atomic mass is 10.0. The van der Waals surface area contributed by atoms with Crippen molar-refractivity contribution in [3.8, 4) is 6.07 Å². The maximum atomic E-state index is 11.8. The Morgan fingerprint density at radius 2 is 2.15 bits per heavy atom. The van der Waals surface area contributed by atoms with Gasteiger partial charge in [-0.15, -0.1) is 0 Å². The minimum absolute atomic E-state index is 0.293. The molecular weight excluding hydrogens is 254 g/mol. The number of nitrogens with zero attached hydrogens (tertiary/aromatic N) is 3. The molecule has 5 nitrogen and oxygen atoms in total. The fourth-order valence-electron chi connectivity index (χ4n) is 2.22. The Bertz CT molecular complexity index is 707. The zero-order valence-electron chi connectivity index (χ0n) is 10.6. The van der Waals surface area contributed by atoms with Gasteiger partial charge in [0.05, 0.1) is 35.8 Å². The first-order valence-corrected chi connectivity index (χ1v) is 6.19. The average Bonchev–Trinajstić information content (AvgIpc) is 3.13. The molecule has 0 unspecified atom stereocenters. The van der Waals surface area contributed by atoms with E-state index in [2.05, 4.69) is 11.1 Å². The summed E-state index contributed by atoms with van der Waals surface area (Å²) in [6.45, 7) is 0.405. The molecule has 1 fully saturated rings. The topological polar surface area (TPSA) is 67.9 Å². The highest BCUT2D eigenvalue weighted by Gasteiger charge is 2.24. The normalized spacial score (nSPS) is 16.6. The molecule has 1 aromatic heterocycles. The number of cyclic esters (lactones) is 1. The number of imidazole rings is 1. The summed E-state index contributed by atoms with van der Waals surface area (Å²) in [4.78, 5) is 15.9. The molecule has 0 bridgehead atoms. The van der Waals surface area contributed by atoms with Crippen LogP contribution in [-0.4, -0.2) is 22.1 Å². The molecule has 0 aliphatic carbocycles. The van der Waals surface area contributed by atoms with E-state index in [1.807, 2.05) is 12.1 Å². The summed E-state index contributed by atoms with van der Waals surface area (Å²) in [7, 11) is 0. The Hall–Kier alpha value is -2.87. The monoisotopic (exact) mass is 265 g/mol. The van der Waals surface area contributed by atoms with Crippen molar-refractivity contribution in [2.75, 3.05) is 6.61 Å². The molecule has 3 rings (SSSR count). The van der Waals surface area contributed by atoms with Crippen molar-refractivity contribution in [2.45, 2.75) is 6.42 Å². The Morgan fingerprint density at radius 3 is 2.70 bits per heavy atom. The van der Waals surface area contributed by atoms with Gasteiger partial charge in [-0.25, -0.2) is 9.78 Å². The number of hydrogen-bond acceptors (Lipinski definition) is 4. The van der Waals surface area contributed by atoms with Gasteiger partial charge in [-0.05, 0) is 17.7 Å². The minimum Gasteiger partial charge on any atom is -0.462 e. The van der Waals surface area contributed by atoms with Gasteiger partial charge in [0.15, 0.2) is 0 Å². The Balaban J connectivity index is 2.16. The molecule has 0 saturated carbocycles. The Kier molecular flexibility index (Phi) is 3.05. The molecule has 0 spiro atoms. The largest absolute Gasteiger partial charge is 0.462 e. The summed E-state index contributed by atoms with van der Waals surface area (Å²) in [6, 6.07) is 9.19. The van der Waals surface area contributed by atoms with E-state index in [9.17, 15) is 4.79 Å². The van der Waals surface area contributed by atoms with Crippen molar-refractivity contribution in [1.82, 2.24) is 9.55 Å². The Labute approximate surface area is 115 Å². The molecule has 5 heteroatoms. The predicted molar refractivity (Wildman–Crippen MR) is 71.3 cm³/mol. The minimum atomic E-state index is -0.293. The second-order valence-corrected chi connectivity index (χ2v) is 4.37. The van der Waals surface area contributed by atoms with Crippen LogP contribution < -0.4 is 0 Å². The van der Waals surface area contributed by atoms with Crippen LogP contribution >= 0.6 is 0 Å². The number of rotatable bonds is 2. The predicted octanol–water partition coefficient (Wildman–Crippen LogP) is 1.96. The molecule has 1 aromatic carbocycles. The molecule has 98 valence electrons. The smallest absolute Gasteiger partial charge is 0.336 e. The standard InChI is InChI=1S/C15H11N3O2/c16-9-11-1-3-12(4-2-11)14(18-7-6-17-10-18)13-5-8-20-15(13)19/h1-4,6-7,10H,5,8H2/b14-13+. The number of esters is 1. The van der Waals surface area contributed by atoms with E-state index >= 15 is 0 Å². The number of ether oxygens (including phenoxy) is 1. The summed E-state index contributed by atoms with van der Waals surface area (Å²) in [6.07, 6.45) is 5.66. The maximum Gasteiger partial charge on any atom is 0.336 e. The maximum absolute atomic E-state index is 11.8. The molecule has 1 aliphatic rings. The van der Waals surface area contributed by atoms with Crippen LogP contribution in [0, 0.1) is 11.3 Å². The lowest BCUT2D eigenvalue weighted by molar-refractivity contribution is -0.135. The zero-order valence-corrected chi connectivity index (χ0v) is 10.6. The van der Waals surface area contributed by atoms with Gasteiger partial charge in [-0.2, -0.15) is 5.26 Å². The number of aromatic nitrogens is 2. The summed E-state index contributed by atoms with van der Waals surface area (Å²) in [5.41, 5.74) is 2.83. The molecule has 1 saturated heterocycles. The fraction of sp³-hybridized carbons (Fsp3) is 0.133. The first-order chi connectivity index (χ1) is 9.79. The summed E-state index contributed by atoms with van der Waals surface area (Å²) in [5.74, 6) is -0.293. The SMILES string of the molecule is N#Cc1ccc(/C(=C2/CCOC2=O)n2ccnc2)cc1. The first kappa shape index (κ1) is 12.2. The van der Waals surface area contributed by atoms with E-state index < -0.39 is 0 Å². The van der Waals surface area contributed by atoms with E-state index in [1.54, 1.807) is 35.4 Å². The second-order valence-electron chi connectivity index (χ2n) is 4.37. The average molecular weight is 265 g/mol. The third-order valence-corrected chi connectivity index (χ3v) is 3.17. The van der Waals surface area contributed by atoms with Crippen LogP contribution in [0.2, 0.25) is 0 Å². The molecule has 1 aliphatic heterocycles. The van der Waals surface area contributed by atoms with Gasteiger partial charge in [0, 0.05) is 18.8 Å². The van der Waals surface area contributed by atoms with E-state index in [0.717, 1.165) is 11.3 Å². The molecule has 2 heterocycles. The van der Waals surface area contributed by atoms with Gasteiger partial charge in [0.25, 0.3) is 0 Å². The quantitative estimate of drug-likeness (QED) is 0.615. The number of benzene rings is 1. The molecular formula is C15H11N3O2. The van der Waals surface area contributed by atoms with Gasteiger partial charge in [0.1, 0.15) is 0 Å². The van der Waals surface area contributed by atoms with Crippen LogP contribution in [0.1, 0.15) is 17.5 Å². The number of carbonyl (C=O) groups excluding carboxylic acids is 1. The van der Waals surface area contributed by atoms with Crippen LogP contribution in [0.3, 0.4) is 0 Å². The van der Waals surface area contributed by atoms with Crippen LogP contribution in [-0.2, 0) is 9.53 Å². The number of carbonyl (C=O) groups is 1. The van der Waals surface area contributed by atoms with Crippen molar-refractivity contribution in [3.63, 3.8) is 0 Å². The van der Waals surface area contributed by atoms with E-state index in [1.165, 1.54) is 0 Å². The van der Waals surface area contributed by atoms with Gasteiger partial charge in [-0.3, -0.25) is 0 Å². The highest BCUT2D eigenvalue weighted by molar-refractivity contribution is 5.99. The zero-order chi connectivity index (χ0) is 13.9.